The highest BCUT2D eigenvalue weighted by atomic mass is 16.5. The van der Waals surface area contributed by atoms with E-state index in [0.29, 0.717) is 22.8 Å². The molecule has 172 valence electrons. The summed E-state index contributed by atoms with van der Waals surface area (Å²) in [7, 11) is 3.08. The first kappa shape index (κ1) is 23.3. The first-order chi connectivity index (χ1) is 16.1. The van der Waals surface area contributed by atoms with Crippen LogP contribution in [0.3, 0.4) is 0 Å². The van der Waals surface area contributed by atoms with Crippen molar-refractivity contribution in [1.82, 2.24) is 20.7 Å². The summed E-state index contributed by atoms with van der Waals surface area (Å²) in [5, 5.41) is 6.57. The average Bonchev–Trinajstić information content (AvgIpc) is 3.36. The third kappa shape index (κ3) is 7.10. The highest BCUT2D eigenvalue weighted by Crippen LogP contribution is 2.22. The Morgan fingerprint density at radius 1 is 1.15 bits per heavy atom. The molecule has 33 heavy (non-hydrogen) atoms. The van der Waals surface area contributed by atoms with Crippen LogP contribution in [0.1, 0.15) is 16.8 Å². The number of H-pyrrole nitrogens is 1. The Labute approximate surface area is 191 Å². The van der Waals surface area contributed by atoms with Crippen LogP contribution < -0.4 is 20.2 Å². The number of carbonyl (C=O) groups excluding carboxylic acids is 2. The highest BCUT2D eigenvalue weighted by molar-refractivity contribution is 5.88. The Morgan fingerprint density at radius 2 is 1.97 bits per heavy atom. The fourth-order valence-corrected chi connectivity index (χ4v) is 2.92. The smallest absolute Gasteiger partial charge is 0.408 e. The molecule has 3 aromatic rings. The summed E-state index contributed by atoms with van der Waals surface area (Å²) in [5.74, 6) is 0.647. The maximum atomic E-state index is 12.8. The maximum Gasteiger partial charge on any atom is 0.408 e. The van der Waals surface area contributed by atoms with E-state index in [1.807, 2.05) is 30.3 Å². The number of nitrogens with zero attached hydrogens (tertiary/aromatic N) is 2. The number of hydrogen-bond donors (Lipinski definition) is 3. The van der Waals surface area contributed by atoms with Gasteiger partial charge in [-0.25, -0.2) is 15.2 Å². The molecule has 2 aromatic carbocycles. The second-order valence-electron chi connectivity index (χ2n) is 6.88. The molecule has 0 aliphatic heterocycles. The normalized spacial score (nSPS) is 11.6. The molecule has 0 unspecified atom stereocenters. The number of hydrazone groups is 1. The fourth-order valence-electron chi connectivity index (χ4n) is 2.92. The van der Waals surface area contributed by atoms with Crippen molar-refractivity contribution in [3.8, 4) is 11.5 Å². The van der Waals surface area contributed by atoms with Crippen molar-refractivity contribution in [3.63, 3.8) is 0 Å². The molecule has 3 N–H and O–H groups in total. The zero-order valence-corrected chi connectivity index (χ0v) is 18.3. The lowest BCUT2D eigenvalue weighted by atomic mass is 10.1. The number of ether oxygens (including phenoxy) is 3. The summed E-state index contributed by atoms with van der Waals surface area (Å²) >= 11 is 0. The molecule has 1 heterocycles. The minimum atomic E-state index is -0.946. The molecule has 0 fully saturated rings. The lowest BCUT2D eigenvalue weighted by molar-refractivity contribution is -0.123. The van der Waals surface area contributed by atoms with Crippen LogP contribution in [-0.4, -0.2) is 48.4 Å². The SMILES string of the molecule is COc1ccc(OC)c(/C=N\NC(=O)[C@@H](Cc2cnc[nH]2)NC(=O)OCc2ccccc2)c1. The van der Waals surface area contributed by atoms with Crippen molar-refractivity contribution in [1.29, 1.82) is 0 Å². The molecule has 0 radical (unpaired) electrons. The van der Waals surface area contributed by atoms with E-state index in [0.717, 1.165) is 5.56 Å². The zero-order valence-electron chi connectivity index (χ0n) is 18.3. The van der Waals surface area contributed by atoms with E-state index >= 15 is 0 Å². The molecular weight excluding hydrogens is 426 g/mol. The number of carbonyl (C=O) groups is 2. The van der Waals surface area contributed by atoms with Gasteiger partial charge in [0, 0.05) is 23.9 Å². The third-order valence-corrected chi connectivity index (χ3v) is 4.62. The topological polar surface area (TPSA) is 127 Å². The van der Waals surface area contributed by atoms with Crippen LogP contribution in [0.25, 0.3) is 0 Å². The molecule has 3 rings (SSSR count). The number of benzene rings is 2. The van der Waals surface area contributed by atoms with Crippen LogP contribution in [-0.2, 0) is 22.6 Å². The molecule has 0 saturated heterocycles. The Bertz CT molecular complexity index is 1070. The number of imidazole rings is 1. The predicted molar refractivity (Wildman–Crippen MR) is 121 cm³/mol. The lowest BCUT2D eigenvalue weighted by Gasteiger charge is -2.16. The molecule has 0 aliphatic carbocycles. The van der Waals surface area contributed by atoms with Crippen LogP contribution in [0.15, 0.2) is 66.2 Å². The summed E-state index contributed by atoms with van der Waals surface area (Å²) in [6.45, 7) is 0.0822. The van der Waals surface area contributed by atoms with Gasteiger partial charge in [0.15, 0.2) is 0 Å². The van der Waals surface area contributed by atoms with Crippen molar-refractivity contribution < 1.29 is 23.8 Å². The predicted octanol–water partition coefficient (Wildman–Crippen LogP) is 2.41. The summed E-state index contributed by atoms with van der Waals surface area (Å²) in [6.07, 6.45) is 3.94. The Morgan fingerprint density at radius 3 is 2.67 bits per heavy atom. The standard InChI is InChI=1S/C23H25N5O5/c1-31-19-8-9-21(32-2)17(10-19)12-26-28-22(29)20(11-18-13-24-15-25-18)27-23(30)33-14-16-6-4-3-5-7-16/h3-10,12-13,15,20H,11,14H2,1-2H3,(H,24,25)(H,27,30)(H,28,29)/b26-12-/t20-/m1/s1. The Hall–Kier alpha value is -4.34. The van der Waals surface area contributed by atoms with E-state index in [1.165, 1.54) is 19.7 Å². The maximum absolute atomic E-state index is 12.8. The monoisotopic (exact) mass is 451 g/mol. The first-order valence-corrected chi connectivity index (χ1v) is 10.1. The average molecular weight is 451 g/mol. The van der Waals surface area contributed by atoms with E-state index in [4.69, 9.17) is 14.2 Å². The number of methoxy groups -OCH3 is 2. The molecule has 10 nitrogen and oxygen atoms in total. The fraction of sp³-hybridized carbons (Fsp3) is 0.217. The molecule has 0 bridgehead atoms. The number of rotatable bonds is 10. The zero-order chi connectivity index (χ0) is 23.5. The van der Waals surface area contributed by atoms with Gasteiger partial charge in [-0.2, -0.15) is 5.10 Å². The van der Waals surface area contributed by atoms with E-state index in [9.17, 15) is 9.59 Å². The van der Waals surface area contributed by atoms with Crippen molar-refractivity contribution in [2.45, 2.75) is 19.1 Å². The van der Waals surface area contributed by atoms with Gasteiger partial charge >= 0.3 is 6.09 Å². The van der Waals surface area contributed by atoms with Crippen LogP contribution >= 0.6 is 0 Å². The molecule has 2 amide bonds. The number of nitrogens with one attached hydrogen (secondary N) is 3. The van der Waals surface area contributed by atoms with Gasteiger partial charge < -0.3 is 24.5 Å². The quantitative estimate of drug-likeness (QED) is 0.321. The van der Waals surface area contributed by atoms with E-state index in [-0.39, 0.29) is 13.0 Å². The number of alkyl carbamates (subject to hydrolysis) is 1. The van der Waals surface area contributed by atoms with Gasteiger partial charge in [0.2, 0.25) is 0 Å². The summed E-state index contributed by atoms with van der Waals surface area (Å²) in [6, 6.07) is 13.5. The summed E-state index contributed by atoms with van der Waals surface area (Å²) in [4.78, 5) is 31.9. The first-order valence-electron chi connectivity index (χ1n) is 10.1. The second kappa shape index (κ2) is 11.9. The minimum absolute atomic E-state index is 0.0822. The van der Waals surface area contributed by atoms with Crippen molar-refractivity contribution >= 4 is 18.2 Å². The second-order valence-corrected chi connectivity index (χ2v) is 6.88. The van der Waals surface area contributed by atoms with Gasteiger partial charge in [-0.3, -0.25) is 4.79 Å². The van der Waals surface area contributed by atoms with Gasteiger partial charge in [-0.15, -0.1) is 0 Å². The van der Waals surface area contributed by atoms with Crippen molar-refractivity contribution in [3.05, 3.63) is 77.9 Å². The van der Waals surface area contributed by atoms with Crippen LogP contribution in [0.5, 0.6) is 11.5 Å². The molecule has 0 spiro atoms. The van der Waals surface area contributed by atoms with Gasteiger partial charge in [0.25, 0.3) is 5.91 Å². The number of aromatic amines is 1. The Kier molecular flexibility index (Phi) is 8.41. The van der Waals surface area contributed by atoms with Gasteiger partial charge in [0.05, 0.1) is 26.8 Å². The molecule has 1 aromatic heterocycles. The van der Waals surface area contributed by atoms with E-state index < -0.39 is 18.0 Å². The molecule has 0 saturated carbocycles. The number of aromatic nitrogens is 2. The molecule has 0 aliphatic rings. The number of amides is 2. The molecular formula is C23H25N5O5. The van der Waals surface area contributed by atoms with E-state index in [1.54, 1.807) is 31.5 Å². The van der Waals surface area contributed by atoms with Crippen LogP contribution in [0.4, 0.5) is 4.79 Å². The largest absolute Gasteiger partial charge is 0.497 e. The van der Waals surface area contributed by atoms with Crippen LogP contribution in [0.2, 0.25) is 0 Å². The van der Waals surface area contributed by atoms with Gasteiger partial charge in [0.1, 0.15) is 24.1 Å². The van der Waals surface area contributed by atoms with Crippen molar-refractivity contribution in [2.24, 2.45) is 5.10 Å². The third-order valence-electron chi connectivity index (χ3n) is 4.62. The summed E-state index contributed by atoms with van der Waals surface area (Å²) in [5.41, 5.74) is 4.55. The molecule has 10 heteroatoms. The summed E-state index contributed by atoms with van der Waals surface area (Å²) < 4.78 is 15.7. The minimum Gasteiger partial charge on any atom is -0.497 e. The highest BCUT2D eigenvalue weighted by Gasteiger charge is 2.22. The van der Waals surface area contributed by atoms with Gasteiger partial charge in [-0.05, 0) is 23.8 Å². The van der Waals surface area contributed by atoms with Crippen molar-refractivity contribution in [2.75, 3.05) is 14.2 Å². The van der Waals surface area contributed by atoms with Gasteiger partial charge in [-0.1, -0.05) is 30.3 Å². The Balaban J connectivity index is 1.64. The lowest BCUT2D eigenvalue weighted by Crippen LogP contribution is -2.47. The van der Waals surface area contributed by atoms with Crippen LogP contribution in [0, 0.1) is 0 Å². The number of hydrogen-bond acceptors (Lipinski definition) is 7. The van der Waals surface area contributed by atoms with E-state index in [2.05, 4.69) is 25.8 Å². The molecule has 1 atom stereocenters.